The summed E-state index contributed by atoms with van der Waals surface area (Å²) in [4.78, 5) is 48.2. The summed E-state index contributed by atoms with van der Waals surface area (Å²) in [5.41, 5.74) is 0. The third kappa shape index (κ3) is 28.6. The van der Waals surface area contributed by atoms with Gasteiger partial charge in [0.15, 0.2) is 6.10 Å². The van der Waals surface area contributed by atoms with Crippen LogP contribution in [0.5, 0.6) is 0 Å². The number of hydrogen-bond donors (Lipinski definition) is 1. The molecule has 44 heavy (non-hydrogen) atoms. The van der Waals surface area contributed by atoms with Gasteiger partial charge in [-0.25, -0.2) is 9.59 Å². The fourth-order valence-corrected chi connectivity index (χ4v) is 4.91. The van der Waals surface area contributed by atoms with Gasteiger partial charge in [0.1, 0.15) is 19.8 Å². The molecule has 1 unspecified atom stereocenters. The minimum absolute atomic E-state index is 0.215. The zero-order valence-corrected chi connectivity index (χ0v) is 28.1. The van der Waals surface area contributed by atoms with Crippen molar-refractivity contribution in [1.82, 2.24) is 0 Å². The summed E-state index contributed by atoms with van der Waals surface area (Å²) in [5.74, 6) is -3.39. The average molecular weight is 629 g/mol. The standard InChI is InChI=1S/C35H64O9/c1-3-5-7-9-11-13-15-17-19-21-23-25-32(37)42-29-31(30-43-35(40)34(39)41-28-27-36)44-33(38)26-24-22-20-18-16-14-12-10-8-6-4-2/h31,36H,3-30H2,1-2H3. The molecule has 0 radical (unpaired) electrons. The molecule has 0 heterocycles. The van der Waals surface area contributed by atoms with Gasteiger partial charge in [-0.3, -0.25) is 9.59 Å². The molecule has 0 amide bonds. The quantitative estimate of drug-likeness (QED) is 0.0353. The van der Waals surface area contributed by atoms with E-state index < -0.39 is 43.2 Å². The van der Waals surface area contributed by atoms with E-state index in [1.165, 1.54) is 96.3 Å². The number of rotatable bonds is 31. The predicted molar refractivity (Wildman–Crippen MR) is 172 cm³/mol. The first-order valence-corrected chi connectivity index (χ1v) is 17.7. The Morgan fingerprint density at radius 1 is 0.477 bits per heavy atom. The molecule has 0 aromatic rings. The van der Waals surface area contributed by atoms with E-state index in [4.69, 9.17) is 19.3 Å². The van der Waals surface area contributed by atoms with E-state index in [0.29, 0.717) is 6.42 Å². The molecule has 0 aliphatic heterocycles. The first-order chi connectivity index (χ1) is 21.4. The summed E-state index contributed by atoms with van der Waals surface area (Å²) in [6.45, 7) is 2.99. The van der Waals surface area contributed by atoms with Gasteiger partial charge in [0.25, 0.3) is 0 Å². The van der Waals surface area contributed by atoms with Gasteiger partial charge < -0.3 is 24.1 Å². The van der Waals surface area contributed by atoms with Gasteiger partial charge in [-0.2, -0.15) is 0 Å². The zero-order valence-electron chi connectivity index (χ0n) is 28.1. The van der Waals surface area contributed by atoms with Crippen LogP contribution >= 0.6 is 0 Å². The second kappa shape index (κ2) is 32.2. The van der Waals surface area contributed by atoms with E-state index in [1.807, 2.05) is 0 Å². The monoisotopic (exact) mass is 628 g/mol. The van der Waals surface area contributed by atoms with Crippen LogP contribution in [0.3, 0.4) is 0 Å². The van der Waals surface area contributed by atoms with Gasteiger partial charge in [-0.15, -0.1) is 0 Å². The Kier molecular flexibility index (Phi) is 30.7. The topological polar surface area (TPSA) is 125 Å². The Bertz CT molecular complexity index is 710. The summed E-state index contributed by atoms with van der Waals surface area (Å²) in [7, 11) is 0. The Balaban J connectivity index is 4.30. The van der Waals surface area contributed by atoms with Crippen molar-refractivity contribution in [3.8, 4) is 0 Å². The molecular weight excluding hydrogens is 564 g/mol. The molecule has 0 aromatic carbocycles. The van der Waals surface area contributed by atoms with Crippen LogP contribution in [-0.2, 0) is 38.1 Å². The normalized spacial score (nSPS) is 11.6. The van der Waals surface area contributed by atoms with Crippen LogP contribution in [0.1, 0.15) is 168 Å². The van der Waals surface area contributed by atoms with E-state index in [1.54, 1.807) is 0 Å². The molecule has 0 rings (SSSR count). The van der Waals surface area contributed by atoms with E-state index in [2.05, 4.69) is 18.6 Å². The maximum atomic E-state index is 12.4. The third-order valence-electron chi connectivity index (χ3n) is 7.59. The van der Waals surface area contributed by atoms with Crippen molar-refractivity contribution in [2.75, 3.05) is 26.4 Å². The molecule has 0 saturated carbocycles. The molecule has 0 spiro atoms. The molecule has 0 aliphatic rings. The lowest BCUT2D eigenvalue weighted by Crippen LogP contribution is -2.32. The number of carbonyl (C=O) groups excluding carboxylic acids is 4. The van der Waals surface area contributed by atoms with Crippen molar-refractivity contribution in [3.05, 3.63) is 0 Å². The SMILES string of the molecule is CCCCCCCCCCCCCC(=O)OCC(COC(=O)C(=O)OCCO)OC(=O)CCCCCCCCCCCCC. The predicted octanol–water partition coefficient (Wildman–Crippen LogP) is 7.92. The lowest BCUT2D eigenvalue weighted by Gasteiger charge is -2.18. The Labute approximate surface area is 267 Å². The number of carbonyl (C=O) groups is 4. The van der Waals surface area contributed by atoms with E-state index in [-0.39, 0.29) is 26.1 Å². The minimum Gasteiger partial charge on any atom is -0.462 e. The number of aliphatic hydroxyl groups excluding tert-OH is 1. The summed E-state index contributed by atoms with van der Waals surface area (Å²) in [5, 5.41) is 8.74. The van der Waals surface area contributed by atoms with Gasteiger partial charge in [0.05, 0.1) is 6.61 Å². The van der Waals surface area contributed by atoms with Gasteiger partial charge in [-0.05, 0) is 12.8 Å². The number of esters is 4. The van der Waals surface area contributed by atoms with Crippen molar-refractivity contribution in [2.24, 2.45) is 0 Å². The number of unbranched alkanes of at least 4 members (excludes halogenated alkanes) is 20. The molecule has 0 saturated heterocycles. The van der Waals surface area contributed by atoms with Crippen molar-refractivity contribution in [1.29, 1.82) is 0 Å². The fraction of sp³-hybridized carbons (Fsp3) is 0.886. The lowest BCUT2D eigenvalue weighted by atomic mass is 10.1. The van der Waals surface area contributed by atoms with Gasteiger partial charge in [-0.1, -0.05) is 142 Å². The highest BCUT2D eigenvalue weighted by Crippen LogP contribution is 2.14. The number of aliphatic hydroxyl groups is 1. The minimum atomic E-state index is -1.27. The van der Waals surface area contributed by atoms with Gasteiger partial charge in [0, 0.05) is 12.8 Å². The van der Waals surface area contributed by atoms with Crippen molar-refractivity contribution in [2.45, 2.75) is 174 Å². The first-order valence-electron chi connectivity index (χ1n) is 17.7. The van der Waals surface area contributed by atoms with Crippen molar-refractivity contribution < 1.29 is 43.2 Å². The van der Waals surface area contributed by atoms with Gasteiger partial charge >= 0.3 is 23.9 Å². The van der Waals surface area contributed by atoms with Crippen LogP contribution in [0.25, 0.3) is 0 Å². The average Bonchev–Trinajstić information content (AvgIpc) is 3.02. The number of ether oxygens (including phenoxy) is 4. The summed E-state index contributed by atoms with van der Waals surface area (Å²) in [6, 6.07) is 0. The molecule has 9 nitrogen and oxygen atoms in total. The first kappa shape index (κ1) is 41.8. The highest BCUT2D eigenvalue weighted by molar-refractivity contribution is 6.29. The van der Waals surface area contributed by atoms with E-state index in [9.17, 15) is 19.2 Å². The highest BCUT2D eigenvalue weighted by Gasteiger charge is 2.23. The maximum absolute atomic E-state index is 12.4. The highest BCUT2D eigenvalue weighted by atomic mass is 16.6. The molecule has 0 fully saturated rings. The van der Waals surface area contributed by atoms with Crippen LogP contribution in [0.2, 0.25) is 0 Å². The van der Waals surface area contributed by atoms with Gasteiger partial charge in [0.2, 0.25) is 0 Å². The Morgan fingerprint density at radius 2 is 0.841 bits per heavy atom. The lowest BCUT2D eigenvalue weighted by molar-refractivity contribution is -0.175. The second-order valence-electron chi connectivity index (χ2n) is 11.8. The van der Waals surface area contributed by atoms with Crippen molar-refractivity contribution in [3.63, 3.8) is 0 Å². The zero-order chi connectivity index (χ0) is 32.5. The molecule has 258 valence electrons. The van der Waals surface area contributed by atoms with E-state index >= 15 is 0 Å². The maximum Gasteiger partial charge on any atom is 0.417 e. The molecular formula is C35H64O9. The largest absolute Gasteiger partial charge is 0.462 e. The fourth-order valence-electron chi connectivity index (χ4n) is 4.91. The molecule has 1 N–H and O–H groups in total. The smallest absolute Gasteiger partial charge is 0.417 e. The third-order valence-corrected chi connectivity index (χ3v) is 7.59. The van der Waals surface area contributed by atoms with E-state index in [0.717, 1.165) is 38.5 Å². The van der Waals surface area contributed by atoms with Crippen LogP contribution < -0.4 is 0 Å². The van der Waals surface area contributed by atoms with Crippen LogP contribution in [0, 0.1) is 0 Å². The Morgan fingerprint density at radius 3 is 1.27 bits per heavy atom. The molecule has 0 aliphatic carbocycles. The Hall–Kier alpha value is -2.16. The number of hydrogen-bond acceptors (Lipinski definition) is 9. The molecule has 9 heteroatoms. The summed E-state index contributed by atoms with van der Waals surface area (Å²) < 4.78 is 20.2. The van der Waals surface area contributed by atoms with Crippen LogP contribution in [-0.4, -0.2) is 61.5 Å². The molecule has 1 atom stereocenters. The summed E-state index contributed by atoms with van der Waals surface area (Å²) in [6.07, 6.45) is 25.3. The summed E-state index contributed by atoms with van der Waals surface area (Å²) >= 11 is 0. The molecule has 0 aromatic heterocycles. The molecule has 0 bridgehead atoms. The van der Waals surface area contributed by atoms with Crippen LogP contribution in [0.15, 0.2) is 0 Å². The van der Waals surface area contributed by atoms with Crippen LogP contribution in [0.4, 0.5) is 0 Å². The second-order valence-corrected chi connectivity index (χ2v) is 11.8. The van der Waals surface area contributed by atoms with Crippen molar-refractivity contribution >= 4 is 23.9 Å².